The Labute approximate surface area is 273 Å². The minimum absolute atomic E-state index is 0.0198. The number of benzene rings is 4. The molecule has 4 aromatic carbocycles. The molecule has 0 radical (unpaired) electrons. The first-order valence-electron chi connectivity index (χ1n) is 16.0. The largest absolute Gasteiger partial charge is 0.497 e. The molecule has 46 heavy (non-hydrogen) atoms. The lowest BCUT2D eigenvalue weighted by molar-refractivity contribution is -0.182. The standard InChI is InChI=1S/C38H44N2O5Si/c1-38(2,3)46(6,7)45-24-31-34(29-19-13-17-26-16-11-12-18-28(26)29)40-35(37(42)39(31)23-25-14-9-8-10-15-25)33(36(40)41)30-22-27(43-4)20-21-32(30)44-5/h8-22,31,33-35H,23-24H2,1-7H3/t31-,33+,34-,35-/m1/s1. The lowest BCUT2D eigenvalue weighted by atomic mass is 9.74. The smallest absolute Gasteiger partial charge is 0.247 e. The summed E-state index contributed by atoms with van der Waals surface area (Å²) in [6.07, 6.45) is 0. The number of carbonyl (C=O) groups excluding carboxylic acids is 2. The van der Waals surface area contributed by atoms with E-state index in [2.05, 4.69) is 58.1 Å². The first-order chi connectivity index (χ1) is 22.0. The van der Waals surface area contributed by atoms with Crippen molar-refractivity contribution < 1.29 is 23.5 Å². The summed E-state index contributed by atoms with van der Waals surface area (Å²) in [4.78, 5) is 33.2. The highest BCUT2D eigenvalue weighted by atomic mass is 28.4. The highest BCUT2D eigenvalue weighted by Crippen LogP contribution is 2.52. The second-order valence-corrected chi connectivity index (χ2v) is 18.7. The number of amides is 2. The van der Waals surface area contributed by atoms with E-state index < -0.39 is 32.4 Å². The third-order valence-electron chi connectivity index (χ3n) is 10.3. The fraction of sp³-hybridized carbons (Fsp3) is 0.368. The van der Waals surface area contributed by atoms with Crippen LogP contribution in [0.1, 0.15) is 49.4 Å². The van der Waals surface area contributed by atoms with E-state index in [0.717, 1.165) is 21.9 Å². The lowest BCUT2D eigenvalue weighted by Crippen LogP contribution is -2.74. The van der Waals surface area contributed by atoms with Gasteiger partial charge in [-0.05, 0) is 58.2 Å². The maximum Gasteiger partial charge on any atom is 0.247 e. The minimum Gasteiger partial charge on any atom is -0.497 e. The Morgan fingerprint density at radius 3 is 2.15 bits per heavy atom. The number of fused-ring (bicyclic) bond motifs is 2. The quantitative estimate of drug-likeness (QED) is 0.142. The van der Waals surface area contributed by atoms with E-state index in [9.17, 15) is 9.59 Å². The first kappa shape index (κ1) is 31.8. The third-order valence-corrected chi connectivity index (χ3v) is 14.8. The van der Waals surface area contributed by atoms with Gasteiger partial charge in [0, 0.05) is 12.1 Å². The predicted octanol–water partition coefficient (Wildman–Crippen LogP) is 7.33. The van der Waals surface area contributed by atoms with Crippen LogP contribution in [0.3, 0.4) is 0 Å². The van der Waals surface area contributed by atoms with Gasteiger partial charge >= 0.3 is 0 Å². The molecule has 0 N–H and O–H groups in total. The Balaban J connectivity index is 1.53. The molecule has 6 rings (SSSR count). The molecule has 2 aliphatic rings. The zero-order chi connectivity index (χ0) is 32.8. The maximum atomic E-state index is 14.9. The first-order valence-corrected chi connectivity index (χ1v) is 18.9. The van der Waals surface area contributed by atoms with Crippen molar-refractivity contribution in [3.05, 3.63) is 108 Å². The van der Waals surface area contributed by atoms with Crippen LogP contribution in [0.25, 0.3) is 10.8 Å². The van der Waals surface area contributed by atoms with Crippen molar-refractivity contribution >= 4 is 30.9 Å². The van der Waals surface area contributed by atoms with Crippen LogP contribution in [0.15, 0.2) is 91.0 Å². The highest BCUT2D eigenvalue weighted by molar-refractivity contribution is 6.74. The summed E-state index contributed by atoms with van der Waals surface area (Å²) < 4.78 is 18.2. The molecular weight excluding hydrogens is 593 g/mol. The average molecular weight is 637 g/mol. The number of ether oxygens (including phenoxy) is 2. The van der Waals surface area contributed by atoms with Gasteiger partial charge in [0.25, 0.3) is 0 Å². The molecule has 2 fully saturated rings. The number of rotatable bonds is 9. The van der Waals surface area contributed by atoms with Gasteiger partial charge in [-0.2, -0.15) is 0 Å². The van der Waals surface area contributed by atoms with E-state index in [1.165, 1.54) is 0 Å². The van der Waals surface area contributed by atoms with Crippen molar-refractivity contribution in [1.82, 2.24) is 9.80 Å². The van der Waals surface area contributed by atoms with E-state index in [4.69, 9.17) is 13.9 Å². The summed E-state index contributed by atoms with van der Waals surface area (Å²) in [7, 11) is 0.966. The number of nitrogens with zero attached hydrogens (tertiary/aromatic N) is 2. The summed E-state index contributed by atoms with van der Waals surface area (Å²) >= 11 is 0. The summed E-state index contributed by atoms with van der Waals surface area (Å²) in [5.41, 5.74) is 2.70. The molecule has 4 aromatic rings. The molecule has 0 unspecified atom stereocenters. The van der Waals surface area contributed by atoms with Crippen molar-refractivity contribution in [3.63, 3.8) is 0 Å². The fourth-order valence-electron chi connectivity index (χ4n) is 6.69. The van der Waals surface area contributed by atoms with Crippen molar-refractivity contribution in [2.45, 2.75) is 69.5 Å². The monoisotopic (exact) mass is 636 g/mol. The van der Waals surface area contributed by atoms with Gasteiger partial charge in [-0.1, -0.05) is 93.6 Å². The number of methoxy groups -OCH3 is 2. The summed E-state index contributed by atoms with van der Waals surface area (Å²) in [6.45, 7) is 11.9. The third kappa shape index (κ3) is 5.47. The molecule has 7 nitrogen and oxygen atoms in total. The van der Waals surface area contributed by atoms with E-state index in [-0.39, 0.29) is 16.9 Å². The van der Waals surface area contributed by atoms with Crippen LogP contribution in [-0.2, 0) is 20.6 Å². The van der Waals surface area contributed by atoms with Crippen LogP contribution in [-0.4, -0.2) is 62.8 Å². The zero-order valence-electron chi connectivity index (χ0n) is 27.8. The number of β-lactam (4-membered cyclic amide) rings is 1. The van der Waals surface area contributed by atoms with Crippen molar-refractivity contribution in [3.8, 4) is 11.5 Å². The van der Waals surface area contributed by atoms with Gasteiger partial charge in [0.1, 0.15) is 17.5 Å². The molecule has 8 heteroatoms. The summed E-state index contributed by atoms with van der Waals surface area (Å²) in [6, 6.07) is 28.5. The molecule has 0 aromatic heterocycles. The molecule has 0 bridgehead atoms. The highest BCUT2D eigenvalue weighted by Gasteiger charge is 2.62. The Morgan fingerprint density at radius 1 is 0.761 bits per heavy atom. The molecule has 240 valence electrons. The Morgan fingerprint density at radius 2 is 1.46 bits per heavy atom. The Kier molecular flexibility index (Phi) is 8.46. The van der Waals surface area contributed by atoms with Gasteiger partial charge < -0.3 is 23.7 Å². The second-order valence-electron chi connectivity index (χ2n) is 13.9. The van der Waals surface area contributed by atoms with Gasteiger partial charge in [-0.15, -0.1) is 0 Å². The van der Waals surface area contributed by atoms with Crippen molar-refractivity contribution in [2.24, 2.45) is 0 Å². The van der Waals surface area contributed by atoms with Crippen molar-refractivity contribution in [1.29, 1.82) is 0 Å². The van der Waals surface area contributed by atoms with Crippen molar-refractivity contribution in [2.75, 3.05) is 20.8 Å². The zero-order valence-corrected chi connectivity index (χ0v) is 28.8. The van der Waals surface area contributed by atoms with Crippen LogP contribution >= 0.6 is 0 Å². The summed E-state index contributed by atoms with van der Waals surface area (Å²) in [5, 5.41) is 2.13. The summed E-state index contributed by atoms with van der Waals surface area (Å²) in [5.74, 6) is 0.290. The maximum absolute atomic E-state index is 14.9. The Bertz CT molecular complexity index is 1750. The number of hydrogen-bond donors (Lipinski definition) is 0. The van der Waals surface area contributed by atoms with Crippen LogP contribution in [0, 0.1) is 0 Å². The molecule has 2 amide bonds. The Hall–Kier alpha value is -4.14. The molecule has 0 spiro atoms. The molecule has 2 saturated heterocycles. The normalized spacial score (nSPS) is 21.6. The van der Waals surface area contributed by atoms with Crippen LogP contribution in [0.4, 0.5) is 0 Å². The van der Waals surface area contributed by atoms with Gasteiger partial charge in [0.2, 0.25) is 11.8 Å². The van der Waals surface area contributed by atoms with Crippen LogP contribution in [0.5, 0.6) is 11.5 Å². The van der Waals surface area contributed by atoms with Crippen LogP contribution in [0.2, 0.25) is 18.1 Å². The molecule has 0 saturated carbocycles. The molecule has 2 aliphatic heterocycles. The van der Waals surface area contributed by atoms with E-state index >= 15 is 0 Å². The van der Waals surface area contributed by atoms with E-state index in [0.29, 0.717) is 30.2 Å². The second kappa shape index (κ2) is 12.2. The van der Waals surface area contributed by atoms with E-state index in [1.807, 2.05) is 64.4 Å². The van der Waals surface area contributed by atoms with E-state index in [1.54, 1.807) is 26.4 Å². The number of carbonyl (C=O) groups is 2. The predicted molar refractivity (Wildman–Crippen MR) is 184 cm³/mol. The minimum atomic E-state index is -2.22. The number of hydrogen-bond acceptors (Lipinski definition) is 5. The number of piperazine rings is 1. The van der Waals surface area contributed by atoms with Gasteiger partial charge in [-0.3, -0.25) is 9.59 Å². The topological polar surface area (TPSA) is 68.3 Å². The van der Waals surface area contributed by atoms with Crippen LogP contribution < -0.4 is 9.47 Å². The average Bonchev–Trinajstić information content (AvgIpc) is 3.04. The molecule has 4 atom stereocenters. The van der Waals surface area contributed by atoms with Gasteiger partial charge in [0.05, 0.1) is 38.8 Å². The lowest BCUT2D eigenvalue weighted by Gasteiger charge is -2.59. The molecular formula is C38H44N2O5Si. The molecule has 0 aliphatic carbocycles. The fourth-order valence-corrected chi connectivity index (χ4v) is 7.71. The van der Waals surface area contributed by atoms with Gasteiger partial charge in [-0.25, -0.2) is 0 Å². The SMILES string of the molecule is COc1ccc(OC)c([C@@H]2C(=O)N3[C@H](c4cccc5ccccc45)[C@@H](CO[Si](C)(C)C(C)(C)C)N(Cc4ccccc4)C(=O)[C@@H]23)c1. The molecule has 2 heterocycles. The van der Waals surface area contributed by atoms with Gasteiger partial charge in [0.15, 0.2) is 8.32 Å².